The average molecular weight is 544 g/mol. The summed E-state index contributed by atoms with van der Waals surface area (Å²) in [7, 11) is -2.59. The van der Waals surface area contributed by atoms with Gasteiger partial charge in [-0.15, -0.1) is 0 Å². The first-order chi connectivity index (χ1) is 18.1. The first-order valence-electron chi connectivity index (χ1n) is 12.9. The number of aliphatic hydroxyl groups excluding tert-OH is 1. The van der Waals surface area contributed by atoms with E-state index in [-0.39, 0.29) is 47.9 Å². The minimum atomic E-state index is -4.00. The van der Waals surface area contributed by atoms with Gasteiger partial charge in [-0.2, -0.15) is 4.31 Å². The van der Waals surface area contributed by atoms with Gasteiger partial charge in [0.15, 0.2) is 0 Å². The van der Waals surface area contributed by atoms with Crippen molar-refractivity contribution in [2.45, 2.75) is 56.6 Å². The molecule has 0 bridgehead atoms. The third-order valence-corrected chi connectivity index (χ3v) is 9.06. The summed E-state index contributed by atoms with van der Waals surface area (Å²) in [5.41, 5.74) is 0.816. The SMILES string of the molecule is C[C@H]1CN([C@@H](C)CO)C(=O)c2cc(C#CC3CCCC3)cnc2O[C@@H]1CN(C)S(=O)(=O)c1cccc(F)c1. The van der Waals surface area contributed by atoms with Crippen LogP contribution in [0.3, 0.4) is 0 Å². The quantitative estimate of drug-likeness (QED) is 0.562. The number of halogens is 1. The van der Waals surface area contributed by atoms with Gasteiger partial charge < -0.3 is 14.7 Å². The van der Waals surface area contributed by atoms with E-state index in [4.69, 9.17) is 4.74 Å². The Bertz CT molecular complexity index is 1330. The number of carbonyl (C=O) groups excluding carboxylic acids is 1. The molecular weight excluding hydrogens is 509 g/mol. The Morgan fingerprint density at radius 1 is 1.29 bits per heavy atom. The van der Waals surface area contributed by atoms with Crippen molar-refractivity contribution >= 4 is 15.9 Å². The molecule has 10 heteroatoms. The first-order valence-corrected chi connectivity index (χ1v) is 14.4. The van der Waals surface area contributed by atoms with E-state index in [2.05, 4.69) is 16.8 Å². The molecule has 2 aromatic rings. The van der Waals surface area contributed by atoms with Crippen LogP contribution in [0.1, 0.15) is 55.5 Å². The fourth-order valence-electron chi connectivity index (χ4n) is 4.80. The molecule has 1 saturated carbocycles. The average Bonchev–Trinajstić information content (AvgIpc) is 3.43. The molecule has 1 aliphatic carbocycles. The van der Waals surface area contributed by atoms with Crippen LogP contribution in [0.4, 0.5) is 4.39 Å². The van der Waals surface area contributed by atoms with Gasteiger partial charge >= 0.3 is 0 Å². The number of hydrogen-bond donors (Lipinski definition) is 1. The van der Waals surface area contributed by atoms with E-state index in [1.807, 2.05) is 6.92 Å². The van der Waals surface area contributed by atoms with Gasteiger partial charge in [-0.1, -0.05) is 37.7 Å². The Hall–Kier alpha value is -3.00. The van der Waals surface area contributed by atoms with Crippen LogP contribution < -0.4 is 4.74 Å². The Kier molecular flexibility index (Phi) is 8.71. The summed E-state index contributed by atoms with van der Waals surface area (Å²) in [5, 5.41) is 9.85. The maximum absolute atomic E-state index is 13.7. The number of nitrogens with zero attached hydrogens (tertiary/aromatic N) is 3. The fraction of sp³-hybridized carbons (Fsp3) is 0.500. The zero-order valence-corrected chi connectivity index (χ0v) is 22.7. The highest BCUT2D eigenvalue weighted by molar-refractivity contribution is 7.89. The fourth-order valence-corrected chi connectivity index (χ4v) is 6.02. The van der Waals surface area contributed by atoms with Crippen LogP contribution in [0, 0.1) is 29.5 Å². The van der Waals surface area contributed by atoms with Crippen molar-refractivity contribution in [3.8, 4) is 17.7 Å². The number of carbonyl (C=O) groups is 1. The highest BCUT2D eigenvalue weighted by atomic mass is 32.2. The molecule has 1 amide bonds. The number of aromatic nitrogens is 1. The summed E-state index contributed by atoms with van der Waals surface area (Å²) < 4.78 is 47.3. The van der Waals surface area contributed by atoms with E-state index < -0.39 is 28.0 Å². The lowest BCUT2D eigenvalue weighted by molar-refractivity contribution is 0.0373. The Morgan fingerprint density at radius 3 is 2.71 bits per heavy atom. The minimum absolute atomic E-state index is 0.0556. The van der Waals surface area contributed by atoms with Crippen molar-refractivity contribution in [3.05, 3.63) is 53.5 Å². The molecule has 4 rings (SSSR count). The van der Waals surface area contributed by atoms with Crippen molar-refractivity contribution in [3.63, 3.8) is 0 Å². The number of sulfonamides is 1. The third kappa shape index (κ3) is 6.17. The molecule has 3 atom stereocenters. The summed E-state index contributed by atoms with van der Waals surface area (Å²) >= 11 is 0. The van der Waals surface area contributed by atoms with Crippen molar-refractivity contribution in [1.82, 2.24) is 14.2 Å². The lowest BCUT2D eigenvalue weighted by atomic mass is 10.00. The molecule has 1 aromatic heterocycles. The molecule has 8 nitrogen and oxygen atoms in total. The molecule has 2 aliphatic rings. The normalized spacial score (nSPS) is 21.2. The Balaban J connectivity index is 1.66. The predicted molar refractivity (Wildman–Crippen MR) is 140 cm³/mol. The first kappa shape index (κ1) is 28.0. The minimum Gasteiger partial charge on any atom is -0.472 e. The topological polar surface area (TPSA) is 100 Å². The summed E-state index contributed by atoms with van der Waals surface area (Å²) in [6.45, 7) is 3.54. The lowest BCUT2D eigenvalue weighted by Gasteiger charge is -2.37. The number of benzene rings is 1. The van der Waals surface area contributed by atoms with Gasteiger partial charge in [0.25, 0.3) is 5.91 Å². The van der Waals surface area contributed by atoms with Crippen molar-refractivity contribution in [2.24, 2.45) is 11.8 Å². The van der Waals surface area contributed by atoms with E-state index in [0.29, 0.717) is 11.5 Å². The zero-order valence-electron chi connectivity index (χ0n) is 21.9. The van der Waals surface area contributed by atoms with Crippen LogP contribution >= 0.6 is 0 Å². The lowest BCUT2D eigenvalue weighted by Crippen LogP contribution is -2.50. The second-order valence-corrected chi connectivity index (χ2v) is 12.2. The number of pyridine rings is 1. The smallest absolute Gasteiger partial charge is 0.259 e. The molecule has 0 unspecified atom stereocenters. The predicted octanol–water partition coefficient (Wildman–Crippen LogP) is 3.30. The van der Waals surface area contributed by atoms with Gasteiger partial charge in [0, 0.05) is 37.2 Å². The summed E-state index contributed by atoms with van der Waals surface area (Å²) in [6, 6.07) is 6.02. The summed E-state index contributed by atoms with van der Waals surface area (Å²) in [5.74, 6) is 5.56. The van der Waals surface area contributed by atoms with E-state index in [1.54, 1.807) is 24.1 Å². The van der Waals surface area contributed by atoms with Crippen LogP contribution in [-0.2, 0) is 10.0 Å². The number of hydrogen-bond acceptors (Lipinski definition) is 6. The maximum atomic E-state index is 13.7. The highest BCUT2D eigenvalue weighted by Crippen LogP contribution is 2.29. The number of likely N-dealkylation sites (N-methyl/N-ethyl adjacent to an activating group) is 1. The van der Waals surface area contributed by atoms with Crippen molar-refractivity contribution in [1.29, 1.82) is 0 Å². The monoisotopic (exact) mass is 543 g/mol. The van der Waals surface area contributed by atoms with Gasteiger partial charge in [0.2, 0.25) is 15.9 Å². The second kappa shape index (κ2) is 11.8. The molecule has 2 heterocycles. The Morgan fingerprint density at radius 2 is 2.03 bits per heavy atom. The number of aliphatic hydroxyl groups is 1. The van der Waals surface area contributed by atoms with E-state index in [9.17, 15) is 22.7 Å². The van der Waals surface area contributed by atoms with E-state index in [1.165, 1.54) is 38.1 Å². The molecule has 204 valence electrons. The summed E-state index contributed by atoms with van der Waals surface area (Å²) in [6.07, 6.45) is 5.37. The largest absolute Gasteiger partial charge is 0.472 e. The van der Waals surface area contributed by atoms with E-state index in [0.717, 1.165) is 23.2 Å². The number of ether oxygens (including phenoxy) is 1. The molecule has 1 aromatic carbocycles. The number of fused-ring (bicyclic) bond motifs is 1. The van der Waals surface area contributed by atoms with Gasteiger partial charge in [-0.25, -0.2) is 17.8 Å². The van der Waals surface area contributed by atoms with Crippen LogP contribution in [0.15, 0.2) is 41.4 Å². The van der Waals surface area contributed by atoms with Gasteiger partial charge in [0.1, 0.15) is 17.5 Å². The number of rotatable bonds is 6. The van der Waals surface area contributed by atoms with Crippen LogP contribution in [0.25, 0.3) is 0 Å². The highest BCUT2D eigenvalue weighted by Gasteiger charge is 2.36. The van der Waals surface area contributed by atoms with Crippen LogP contribution in [-0.4, -0.2) is 72.5 Å². The van der Waals surface area contributed by atoms with Crippen LogP contribution in [0.5, 0.6) is 5.88 Å². The van der Waals surface area contributed by atoms with Gasteiger partial charge in [-0.3, -0.25) is 4.79 Å². The van der Waals surface area contributed by atoms with Crippen LogP contribution in [0.2, 0.25) is 0 Å². The molecule has 38 heavy (non-hydrogen) atoms. The maximum Gasteiger partial charge on any atom is 0.259 e. The molecule has 0 saturated heterocycles. The van der Waals surface area contributed by atoms with Crippen molar-refractivity contribution < 1.29 is 27.4 Å². The molecule has 1 N–H and O–H groups in total. The van der Waals surface area contributed by atoms with Gasteiger partial charge in [0.05, 0.1) is 24.1 Å². The van der Waals surface area contributed by atoms with Gasteiger partial charge in [-0.05, 0) is 44.0 Å². The zero-order chi connectivity index (χ0) is 27.4. The standard InChI is InChI=1S/C28H34FN3O5S/c1-19-16-32(20(2)18-33)28(34)25-13-22(12-11-21-7-4-5-8-21)15-30-27(25)37-26(19)17-31(3)38(35,36)24-10-6-9-23(29)14-24/h6,9-10,13-15,19-21,26,33H,4-5,7-8,16-18H2,1-3H3/t19-,20-,26+/m0/s1. The second-order valence-electron chi connectivity index (χ2n) is 10.2. The Labute approximate surface area is 223 Å². The van der Waals surface area contributed by atoms with Crippen molar-refractivity contribution in [2.75, 3.05) is 26.7 Å². The molecule has 1 aliphatic heterocycles. The third-order valence-electron chi connectivity index (χ3n) is 7.24. The van der Waals surface area contributed by atoms with E-state index >= 15 is 0 Å². The molecular formula is C28H34FN3O5S. The molecule has 0 radical (unpaired) electrons. The summed E-state index contributed by atoms with van der Waals surface area (Å²) in [4.78, 5) is 19.4. The molecule has 0 spiro atoms. The number of amides is 1. The molecule has 1 fully saturated rings.